The van der Waals surface area contributed by atoms with Crippen LogP contribution in [-0.4, -0.2) is 70.5 Å². The van der Waals surface area contributed by atoms with Crippen LogP contribution in [0.1, 0.15) is 33.1 Å². The van der Waals surface area contributed by atoms with Gasteiger partial charge in [0.2, 0.25) is 23.6 Å². The Bertz CT molecular complexity index is 653. The number of primary amides is 1. The van der Waals surface area contributed by atoms with Gasteiger partial charge in [0.1, 0.15) is 12.1 Å². The normalized spacial score (nSPS) is 14.6. The lowest BCUT2D eigenvalue weighted by atomic mass is 9.99. The predicted molar refractivity (Wildman–Crippen MR) is 98.0 cm³/mol. The van der Waals surface area contributed by atoms with Crippen molar-refractivity contribution < 1.29 is 39.0 Å². The van der Waals surface area contributed by atoms with Gasteiger partial charge >= 0.3 is 11.9 Å². The second-order valence-electron chi connectivity index (χ2n) is 6.42. The van der Waals surface area contributed by atoms with Crippen molar-refractivity contribution in [2.45, 2.75) is 51.2 Å². The molecular weight excluding hydrogens is 390 g/mol. The van der Waals surface area contributed by atoms with Crippen LogP contribution in [0.15, 0.2) is 0 Å². The largest absolute Gasteiger partial charge is 0.481 e. The Morgan fingerprint density at radius 3 is 2.00 bits per heavy atom. The maximum Gasteiger partial charge on any atom is 0.326 e. The predicted octanol–water partition coefficient (Wildman–Crippen LogP) is -3.12. The Morgan fingerprint density at radius 1 is 0.966 bits per heavy atom. The Kier molecular flexibility index (Phi) is 10.9. The van der Waals surface area contributed by atoms with Gasteiger partial charge in [0, 0.05) is 0 Å². The van der Waals surface area contributed by atoms with Gasteiger partial charge in [0.15, 0.2) is 0 Å². The van der Waals surface area contributed by atoms with E-state index in [-0.39, 0.29) is 5.92 Å². The summed E-state index contributed by atoms with van der Waals surface area (Å²) in [6, 6.07) is -4.11. The molecule has 0 spiro atoms. The summed E-state index contributed by atoms with van der Waals surface area (Å²) in [7, 11) is 0. The summed E-state index contributed by atoms with van der Waals surface area (Å²) in [6.45, 7) is 2.77. The molecule has 0 saturated carbocycles. The Morgan fingerprint density at radius 2 is 1.55 bits per heavy atom. The van der Waals surface area contributed by atoms with Crippen LogP contribution >= 0.6 is 0 Å². The third-order valence-corrected chi connectivity index (χ3v) is 3.99. The molecule has 0 radical (unpaired) electrons. The van der Waals surface area contributed by atoms with Crippen molar-refractivity contribution in [1.82, 2.24) is 16.0 Å². The molecule has 0 aromatic carbocycles. The van der Waals surface area contributed by atoms with E-state index in [1.807, 2.05) is 0 Å². The van der Waals surface area contributed by atoms with Crippen molar-refractivity contribution in [3.63, 3.8) is 0 Å². The van der Waals surface area contributed by atoms with Crippen LogP contribution in [-0.2, 0) is 28.8 Å². The van der Waals surface area contributed by atoms with Gasteiger partial charge in [-0.1, -0.05) is 20.3 Å². The highest BCUT2D eigenvalue weighted by Crippen LogP contribution is 2.07. The van der Waals surface area contributed by atoms with Gasteiger partial charge in [-0.15, -0.1) is 0 Å². The highest BCUT2D eigenvalue weighted by molar-refractivity contribution is 5.95. The third kappa shape index (κ3) is 10.0. The number of carboxylic acids is 2. The van der Waals surface area contributed by atoms with Crippen LogP contribution in [0.25, 0.3) is 0 Å². The maximum atomic E-state index is 12.2. The fourth-order valence-corrected chi connectivity index (χ4v) is 2.17. The van der Waals surface area contributed by atoms with Crippen LogP contribution in [0.5, 0.6) is 0 Å². The number of nitrogens with two attached hydrogens (primary N) is 2. The summed E-state index contributed by atoms with van der Waals surface area (Å²) < 4.78 is 0. The lowest BCUT2D eigenvalue weighted by Gasteiger charge is -2.21. The zero-order valence-corrected chi connectivity index (χ0v) is 16.1. The number of amides is 4. The molecule has 0 fully saturated rings. The van der Waals surface area contributed by atoms with E-state index in [2.05, 4.69) is 16.0 Å². The molecule has 0 bridgehead atoms. The van der Waals surface area contributed by atoms with Crippen molar-refractivity contribution in [1.29, 1.82) is 0 Å². The minimum Gasteiger partial charge on any atom is -0.481 e. The molecule has 164 valence electrons. The van der Waals surface area contributed by atoms with Crippen LogP contribution < -0.4 is 27.4 Å². The van der Waals surface area contributed by atoms with Crippen molar-refractivity contribution in [3.8, 4) is 0 Å². The molecule has 0 heterocycles. The fraction of sp³-hybridized carbons (Fsp3) is 0.625. The standard InChI is InChI=1S/C16H27N5O8/c1-3-7(2)13(16(28)29)21-11(23)6-19-15(27)9(5-10(18)22)20-14(26)8(17)4-12(24)25/h7-9,13H,3-6,17H2,1-2H3,(H2,18,22)(H,19,27)(H,20,26)(H,21,23)(H,24,25)(H,28,29). The SMILES string of the molecule is CCC(C)C(NC(=O)CNC(=O)C(CC(N)=O)NC(=O)C(N)CC(=O)O)C(=O)O. The molecule has 9 N–H and O–H groups in total. The molecule has 0 aliphatic rings. The Balaban J connectivity index is 4.91. The van der Waals surface area contributed by atoms with Gasteiger partial charge in [-0.25, -0.2) is 4.79 Å². The average Bonchev–Trinajstić information content (AvgIpc) is 2.61. The number of carboxylic acid groups (broad SMARTS) is 2. The topological polar surface area (TPSA) is 231 Å². The zero-order valence-electron chi connectivity index (χ0n) is 16.1. The smallest absolute Gasteiger partial charge is 0.326 e. The second kappa shape index (κ2) is 12.3. The number of nitrogens with one attached hydrogen (secondary N) is 3. The summed E-state index contributed by atoms with van der Waals surface area (Å²) in [6.07, 6.45) is -0.831. The molecule has 0 aromatic rings. The molecule has 0 aliphatic heterocycles. The first-order valence-electron chi connectivity index (χ1n) is 8.74. The molecular formula is C16H27N5O8. The monoisotopic (exact) mass is 417 g/mol. The number of aliphatic carboxylic acids is 2. The van der Waals surface area contributed by atoms with Gasteiger partial charge in [-0.3, -0.25) is 24.0 Å². The first-order valence-corrected chi connectivity index (χ1v) is 8.74. The molecule has 4 amide bonds. The first-order chi connectivity index (χ1) is 13.4. The van der Waals surface area contributed by atoms with Crippen LogP contribution in [0.3, 0.4) is 0 Å². The number of hydrogen-bond acceptors (Lipinski definition) is 7. The zero-order chi connectivity index (χ0) is 22.7. The van der Waals surface area contributed by atoms with Crippen LogP contribution in [0.2, 0.25) is 0 Å². The first kappa shape index (κ1) is 25.8. The summed E-state index contributed by atoms with van der Waals surface area (Å²) in [4.78, 5) is 68.9. The van der Waals surface area contributed by atoms with E-state index in [0.717, 1.165) is 0 Å². The van der Waals surface area contributed by atoms with Crippen LogP contribution in [0.4, 0.5) is 0 Å². The van der Waals surface area contributed by atoms with E-state index < -0.39 is 73.1 Å². The summed E-state index contributed by atoms with van der Waals surface area (Å²) in [5, 5.41) is 24.3. The van der Waals surface area contributed by atoms with E-state index in [1.165, 1.54) is 0 Å². The van der Waals surface area contributed by atoms with Gasteiger partial charge in [0.25, 0.3) is 0 Å². The maximum absolute atomic E-state index is 12.2. The van der Waals surface area contributed by atoms with E-state index in [1.54, 1.807) is 13.8 Å². The molecule has 0 aromatic heterocycles. The Labute approximate surface area is 166 Å². The molecule has 0 aliphatic carbocycles. The molecule has 0 rings (SSSR count). The average molecular weight is 417 g/mol. The van der Waals surface area contributed by atoms with Gasteiger partial charge in [-0.05, 0) is 5.92 Å². The quantitative estimate of drug-likeness (QED) is 0.160. The molecule has 13 heteroatoms. The minimum absolute atomic E-state index is 0.357. The summed E-state index contributed by atoms with van der Waals surface area (Å²) in [5.74, 6) is -6.61. The van der Waals surface area contributed by atoms with Crippen molar-refractivity contribution in [2.24, 2.45) is 17.4 Å². The Hall–Kier alpha value is -3.22. The minimum atomic E-state index is -1.49. The number of carbonyl (C=O) groups excluding carboxylic acids is 4. The van der Waals surface area contributed by atoms with Gasteiger partial charge in [-0.2, -0.15) is 0 Å². The van der Waals surface area contributed by atoms with Crippen LogP contribution in [0, 0.1) is 5.92 Å². The lowest BCUT2D eigenvalue weighted by Crippen LogP contribution is -2.55. The fourth-order valence-electron chi connectivity index (χ4n) is 2.17. The molecule has 4 atom stereocenters. The highest BCUT2D eigenvalue weighted by Gasteiger charge is 2.28. The second-order valence-corrected chi connectivity index (χ2v) is 6.42. The van der Waals surface area contributed by atoms with Crippen molar-refractivity contribution >= 4 is 35.6 Å². The summed E-state index contributed by atoms with van der Waals surface area (Å²) >= 11 is 0. The number of rotatable bonds is 13. The van der Waals surface area contributed by atoms with E-state index in [0.29, 0.717) is 6.42 Å². The molecule has 13 nitrogen and oxygen atoms in total. The van der Waals surface area contributed by atoms with Gasteiger partial charge < -0.3 is 37.6 Å². The summed E-state index contributed by atoms with van der Waals surface area (Å²) in [5.41, 5.74) is 10.4. The molecule has 0 saturated heterocycles. The van der Waals surface area contributed by atoms with E-state index in [9.17, 15) is 28.8 Å². The molecule has 4 unspecified atom stereocenters. The van der Waals surface area contributed by atoms with Gasteiger partial charge in [0.05, 0.1) is 25.4 Å². The highest BCUT2D eigenvalue weighted by atomic mass is 16.4. The van der Waals surface area contributed by atoms with Crippen molar-refractivity contribution in [3.05, 3.63) is 0 Å². The number of carbonyl (C=O) groups is 6. The third-order valence-electron chi connectivity index (χ3n) is 3.99. The number of hydrogen-bond donors (Lipinski definition) is 7. The van der Waals surface area contributed by atoms with Crippen molar-refractivity contribution in [2.75, 3.05) is 6.54 Å². The van der Waals surface area contributed by atoms with E-state index in [4.69, 9.17) is 21.7 Å². The van der Waals surface area contributed by atoms with E-state index >= 15 is 0 Å². The lowest BCUT2D eigenvalue weighted by molar-refractivity contribution is -0.143. The molecule has 29 heavy (non-hydrogen) atoms.